The molecule has 0 saturated carbocycles. The Morgan fingerprint density at radius 1 is 1.14 bits per heavy atom. The van der Waals surface area contributed by atoms with Crippen LogP contribution in [0.4, 0.5) is 9.18 Å². The maximum atomic E-state index is 14.0. The summed E-state index contributed by atoms with van der Waals surface area (Å²) in [6.07, 6.45) is 1.59. The van der Waals surface area contributed by atoms with Crippen LogP contribution in [-0.2, 0) is 34.8 Å². The van der Waals surface area contributed by atoms with Gasteiger partial charge in [0.1, 0.15) is 36.0 Å². The number of nitrogens with one attached hydrogen (secondary N) is 1. The quantitative estimate of drug-likeness (QED) is 0.339. The van der Waals surface area contributed by atoms with E-state index in [1.54, 1.807) is 11.8 Å². The fraction of sp³-hybridized carbons (Fsp3) is 0.333. The minimum Gasteiger partial charge on any atom is -0.501 e. The van der Waals surface area contributed by atoms with Crippen LogP contribution in [-0.4, -0.2) is 66.0 Å². The average Bonchev–Trinajstić information content (AvgIpc) is 3.48. The number of aromatic hydroxyl groups is 1. The molecular formula is C30H30FN7O6. The zero-order valence-corrected chi connectivity index (χ0v) is 23.9. The second-order valence-corrected chi connectivity index (χ2v) is 10.7. The molecule has 0 bridgehead atoms. The molecule has 228 valence electrons. The van der Waals surface area contributed by atoms with E-state index in [2.05, 4.69) is 20.4 Å². The third kappa shape index (κ3) is 5.63. The molecule has 1 fully saturated rings. The van der Waals surface area contributed by atoms with Crippen molar-refractivity contribution in [3.63, 3.8) is 0 Å². The van der Waals surface area contributed by atoms with Gasteiger partial charge in [-0.1, -0.05) is 36.4 Å². The highest BCUT2D eigenvalue weighted by Crippen LogP contribution is 2.38. The Balaban J connectivity index is 1.19. The molecule has 1 saturated heterocycles. The molecule has 2 aliphatic rings. The first-order chi connectivity index (χ1) is 21.2. The number of amides is 2. The van der Waals surface area contributed by atoms with E-state index in [4.69, 9.17) is 9.47 Å². The predicted octanol–water partition coefficient (Wildman–Crippen LogP) is 2.57. The third-order valence-electron chi connectivity index (χ3n) is 7.84. The number of aryl methyl sites for hydroxylation is 1. The van der Waals surface area contributed by atoms with E-state index in [1.807, 2.05) is 30.3 Å². The molecule has 13 nitrogen and oxygen atoms in total. The third-order valence-corrected chi connectivity index (χ3v) is 7.84. The van der Waals surface area contributed by atoms with E-state index in [0.29, 0.717) is 29.9 Å². The van der Waals surface area contributed by atoms with Crippen molar-refractivity contribution >= 4 is 12.0 Å². The van der Waals surface area contributed by atoms with Crippen molar-refractivity contribution in [3.8, 4) is 11.4 Å². The first-order valence-corrected chi connectivity index (χ1v) is 14.1. The van der Waals surface area contributed by atoms with E-state index >= 15 is 0 Å². The van der Waals surface area contributed by atoms with Crippen LogP contribution in [0.5, 0.6) is 5.75 Å². The number of piperidine rings is 1. The first kappa shape index (κ1) is 29.0. The van der Waals surface area contributed by atoms with Gasteiger partial charge in [0.2, 0.25) is 5.75 Å². The van der Waals surface area contributed by atoms with Crippen LogP contribution in [0.25, 0.3) is 5.69 Å². The van der Waals surface area contributed by atoms with Gasteiger partial charge >= 0.3 is 6.09 Å². The summed E-state index contributed by atoms with van der Waals surface area (Å²) in [5.74, 6) is -1.37. The minimum absolute atomic E-state index is 0.0748. The number of hydrogen-bond donors (Lipinski definition) is 2. The van der Waals surface area contributed by atoms with Crippen LogP contribution in [0.3, 0.4) is 0 Å². The lowest BCUT2D eigenvalue weighted by Gasteiger charge is -2.43. The van der Waals surface area contributed by atoms with Gasteiger partial charge in [-0.2, -0.15) is 5.10 Å². The van der Waals surface area contributed by atoms with Crippen LogP contribution in [0.2, 0.25) is 0 Å². The Morgan fingerprint density at radius 3 is 2.64 bits per heavy atom. The van der Waals surface area contributed by atoms with Crippen molar-refractivity contribution in [3.05, 3.63) is 99.5 Å². The molecule has 6 rings (SSSR count). The summed E-state index contributed by atoms with van der Waals surface area (Å²) in [4.78, 5) is 49.3. The zero-order valence-electron chi connectivity index (χ0n) is 23.9. The summed E-state index contributed by atoms with van der Waals surface area (Å²) < 4.78 is 28.4. The lowest BCUT2D eigenvalue weighted by atomic mass is 9.89. The molecule has 4 heterocycles. The second-order valence-electron chi connectivity index (χ2n) is 10.7. The van der Waals surface area contributed by atoms with Gasteiger partial charge in [0.05, 0.1) is 18.8 Å². The molecule has 0 unspecified atom stereocenters. The van der Waals surface area contributed by atoms with Crippen molar-refractivity contribution in [2.24, 2.45) is 0 Å². The van der Waals surface area contributed by atoms with Gasteiger partial charge in [0.25, 0.3) is 11.5 Å². The molecular weight excluding hydrogens is 573 g/mol. The van der Waals surface area contributed by atoms with Crippen molar-refractivity contribution in [2.45, 2.75) is 45.1 Å². The molecule has 2 aromatic carbocycles. The number of aromatic nitrogens is 5. The van der Waals surface area contributed by atoms with E-state index < -0.39 is 40.4 Å². The Bertz CT molecular complexity index is 1770. The molecule has 4 aromatic rings. The molecule has 1 spiro atoms. The zero-order chi connectivity index (χ0) is 30.8. The smallest absolute Gasteiger partial charge is 0.410 e. The van der Waals surface area contributed by atoms with E-state index in [9.17, 15) is 23.9 Å². The Morgan fingerprint density at radius 2 is 1.91 bits per heavy atom. The summed E-state index contributed by atoms with van der Waals surface area (Å²) >= 11 is 0. The molecule has 0 atom stereocenters. The Hall–Kier alpha value is -5.11. The number of nitrogens with zero attached hydrogens (tertiary/aromatic N) is 6. The first-order valence-electron chi connectivity index (χ1n) is 14.1. The number of hydrogen-bond acceptors (Lipinski definition) is 9. The second kappa shape index (κ2) is 11.9. The molecule has 44 heavy (non-hydrogen) atoms. The van der Waals surface area contributed by atoms with Crippen molar-refractivity contribution < 1.29 is 28.6 Å². The molecule has 0 radical (unpaired) electrons. The van der Waals surface area contributed by atoms with Crippen LogP contribution < -0.4 is 10.9 Å². The molecule has 2 aliphatic heterocycles. The Labute approximate surface area is 250 Å². The van der Waals surface area contributed by atoms with Crippen LogP contribution >= 0.6 is 0 Å². The lowest BCUT2D eigenvalue weighted by molar-refractivity contribution is -0.115. The molecule has 2 N–H and O–H groups in total. The van der Waals surface area contributed by atoms with Gasteiger partial charge in [0, 0.05) is 32.5 Å². The number of benzene rings is 2. The van der Waals surface area contributed by atoms with E-state index in [-0.39, 0.29) is 45.2 Å². The number of ether oxygens (including phenoxy) is 2. The van der Waals surface area contributed by atoms with Gasteiger partial charge in [0.15, 0.2) is 5.69 Å². The standard InChI is InChI=1S/C30H30FN7O6/c1-19-33-18-38(35-19)23-15-22(31)8-7-21(23)16-32-26(40)24-25(39)27(41)37-13-14-44-30(28(37)34-24)9-11-36(12-10-30)29(42)43-17-20-5-3-2-4-6-20/h2-8,15,18,39H,9-14,16-17H2,1H3,(H,32,40). The van der Waals surface area contributed by atoms with Gasteiger partial charge in [-0.05, 0) is 30.2 Å². The monoisotopic (exact) mass is 603 g/mol. The highest BCUT2D eigenvalue weighted by Gasteiger charge is 2.45. The molecule has 0 aliphatic carbocycles. The fourth-order valence-electron chi connectivity index (χ4n) is 5.50. The average molecular weight is 604 g/mol. The number of likely N-dealkylation sites (tertiary alicyclic amines) is 1. The fourth-order valence-corrected chi connectivity index (χ4v) is 5.50. The van der Waals surface area contributed by atoms with Gasteiger partial charge in [-0.15, -0.1) is 0 Å². The highest BCUT2D eigenvalue weighted by atomic mass is 19.1. The lowest BCUT2D eigenvalue weighted by Crippen LogP contribution is -2.52. The van der Waals surface area contributed by atoms with Gasteiger partial charge in [-0.25, -0.2) is 23.8 Å². The minimum atomic E-state index is -1.04. The summed E-state index contributed by atoms with van der Waals surface area (Å²) in [5.41, 5.74) is -0.479. The topological polar surface area (TPSA) is 154 Å². The largest absolute Gasteiger partial charge is 0.501 e. The molecule has 2 amide bonds. The van der Waals surface area contributed by atoms with Crippen molar-refractivity contribution in [2.75, 3.05) is 19.7 Å². The summed E-state index contributed by atoms with van der Waals surface area (Å²) in [6, 6.07) is 13.4. The van der Waals surface area contributed by atoms with E-state index in [0.717, 1.165) is 5.56 Å². The normalized spacial score (nSPS) is 15.5. The number of fused-ring (bicyclic) bond motifs is 2. The molecule has 2 aromatic heterocycles. The number of halogens is 1. The van der Waals surface area contributed by atoms with Crippen LogP contribution in [0, 0.1) is 12.7 Å². The summed E-state index contributed by atoms with van der Waals surface area (Å²) in [5, 5.41) is 17.6. The highest BCUT2D eigenvalue weighted by molar-refractivity contribution is 5.94. The van der Waals surface area contributed by atoms with Crippen molar-refractivity contribution in [1.82, 2.24) is 34.5 Å². The van der Waals surface area contributed by atoms with Gasteiger partial charge in [-0.3, -0.25) is 14.2 Å². The maximum Gasteiger partial charge on any atom is 0.410 e. The summed E-state index contributed by atoms with van der Waals surface area (Å²) in [7, 11) is 0. The molecule has 14 heteroatoms. The number of carbonyl (C=O) groups excluding carboxylic acids is 2. The number of carbonyl (C=O) groups is 2. The van der Waals surface area contributed by atoms with E-state index in [1.165, 1.54) is 33.8 Å². The van der Waals surface area contributed by atoms with Crippen LogP contribution in [0.15, 0.2) is 59.7 Å². The van der Waals surface area contributed by atoms with Crippen LogP contribution in [0.1, 0.15) is 46.1 Å². The number of rotatable bonds is 6. The maximum absolute atomic E-state index is 14.0. The van der Waals surface area contributed by atoms with Crippen molar-refractivity contribution in [1.29, 1.82) is 0 Å². The SMILES string of the molecule is Cc1ncn(-c2cc(F)ccc2CNC(=O)c2nc3n(c(=O)c2O)CCOC32CCN(C(=O)OCc3ccccc3)CC2)n1. The predicted molar refractivity (Wildman–Crippen MR) is 152 cm³/mol. The Kier molecular flexibility index (Phi) is 7.82. The summed E-state index contributed by atoms with van der Waals surface area (Å²) in [6.45, 7) is 2.67. The van der Waals surface area contributed by atoms with Gasteiger partial charge < -0.3 is 24.8 Å².